The van der Waals surface area contributed by atoms with E-state index in [1.54, 1.807) is 20.3 Å². The zero-order valence-electron chi connectivity index (χ0n) is 13.8. The van der Waals surface area contributed by atoms with Gasteiger partial charge in [-0.1, -0.05) is 18.2 Å². The first-order chi connectivity index (χ1) is 11.6. The Bertz CT molecular complexity index is 826. The summed E-state index contributed by atoms with van der Waals surface area (Å²) in [6.07, 6.45) is 1.78. The van der Waals surface area contributed by atoms with Crippen LogP contribution in [0.5, 0.6) is 11.5 Å². The van der Waals surface area contributed by atoms with Gasteiger partial charge in [0.2, 0.25) is 0 Å². The first-order valence-electron chi connectivity index (χ1n) is 7.53. The molecule has 0 fully saturated rings. The van der Waals surface area contributed by atoms with E-state index in [9.17, 15) is 4.79 Å². The Morgan fingerprint density at radius 1 is 1.04 bits per heavy atom. The summed E-state index contributed by atoms with van der Waals surface area (Å²) in [7, 11) is 3.20. The van der Waals surface area contributed by atoms with Gasteiger partial charge in [0.1, 0.15) is 11.5 Å². The predicted octanol–water partition coefficient (Wildman–Crippen LogP) is 3.51. The smallest absolute Gasteiger partial charge is 0.280 e. The Kier molecular flexibility index (Phi) is 4.33. The van der Waals surface area contributed by atoms with Crippen LogP contribution >= 0.6 is 0 Å². The third kappa shape index (κ3) is 2.88. The van der Waals surface area contributed by atoms with E-state index in [0.29, 0.717) is 22.8 Å². The van der Waals surface area contributed by atoms with Gasteiger partial charge in [0.25, 0.3) is 5.91 Å². The SMILES string of the molecule is COc1ccc(OC)c(/C=C2/C(=O)N(c3ccccc3)N=C2C)c1. The number of benzene rings is 2. The van der Waals surface area contributed by atoms with Crippen molar-refractivity contribution in [3.8, 4) is 11.5 Å². The Morgan fingerprint density at radius 2 is 1.79 bits per heavy atom. The van der Waals surface area contributed by atoms with Gasteiger partial charge in [-0.15, -0.1) is 0 Å². The summed E-state index contributed by atoms with van der Waals surface area (Å²) in [6, 6.07) is 14.8. The Labute approximate surface area is 140 Å². The summed E-state index contributed by atoms with van der Waals surface area (Å²) in [5.41, 5.74) is 2.70. The van der Waals surface area contributed by atoms with Crippen molar-refractivity contribution >= 4 is 23.4 Å². The predicted molar refractivity (Wildman–Crippen MR) is 94.6 cm³/mol. The summed E-state index contributed by atoms with van der Waals surface area (Å²) >= 11 is 0. The topological polar surface area (TPSA) is 51.1 Å². The fraction of sp³-hybridized carbons (Fsp3) is 0.158. The van der Waals surface area contributed by atoms with E-state index in [2.05, 4.69) is 5.10 Å². The second-order valence-electron chi connectivity index (χ2n) is 5.30. The van der Waals surface area contributed by atoms with Crippen molar-refractivity contribution in [3.05, 3.63) is 59.7 Å². The highest BCUT2D eigenvalue weighted by Gasteiger charge is 2.28. The molecule has 122 valence electrons. The molecule has 0 spiro atoms. The standard InChI is InChI=1S/C19H18N2O3/c1-13-17(12-14-11-16(23-2)9-10-18(14)24-3)19(22)21(20-13)15-7-5-4-6-8-15/h4-12H,1-3H3/b17-12+. The molecule has 0 N–H and O–H groups in total. The lowest BCUT2D eigenvalue weighted by Crippen LogP contribution is -2.21. The molecule has 0 bridgehead atoms. The molecule has 0 aliphatic carbocycles. The molecule has 0 atom stereocenters. The number of hydrogen-bond donors (Lipinski definition) is 0. The van der Waals surface area contributed by atoms with E-state index in [4.69, 9.17) is 9.47 Å². The highest BCUT2D eigenvalue weighted by atomic mass is 16.5. The quantitative estimate of drug-likeness (QED) is 0.809. The number of para-hydroxylation sites is 1. The molecule has 1 aliphatic heterocycles. The first-order valence-corrected chi connectivity index (χ1v) is 7.53. The number of carbonyl (C=O) groups is 1. The highest BCUT2D eigenvalue weighted by molar-refractivity contribution is 6.32. The number of ether oxygens (including phenoxy) is 2. The lowest BCUT2D eigenvalue weighted by Gasteiger charge is -2.11. The fourth-order valence-corrected chi connectivity index (χ4v) is 2.54. The Balaban J connectivity index is 2.00. The van der Waals surface area contributed by atoms with Gasteiger partial charge in [-0.2, -0.15) is 10.1 Å². The molecule has 1 heterocycles. The van der Waals surface area contributed by atoms with Crippen LogP contribution in [0.3, 0.4) is 0 Å². The summed E-state index contributed by atoms with van der Waals surface area (Å²) in [5.74, 6) is 1.20. The molecule has 1 aliphatic rings. The number of methoxy groups -OCH3 is 2. The number of amides is 1. The maximum Gasteiger partial charge on any atom is 0.280 e. The lowest BCUT2D eigenvalue weighted by atomic mass is 10.1. The molecule has 5 nitrogen and oxygen atoms in total. The summed E-state index contributed by atoms with van der Waals surface area (Å²) in [4.78, 5) is 12.7. The number of hydrogen-bond acceptors (Lipinski definition) is 4. The highest BCUT2D eigenvalue weighted by Crippen LogP contribution is 2.29. The number of anilines is 1. The molecule has 0 saturated heterocycles. The van der Waals surface area contributed by atoms with E-state index >= 15 is 0 Å². The number of hydrazone groups is 1. The van der Waals surface area contributed by atoms with Crippen LogP contribution in [0.15, 0.2) is 59.2 Å². The molecule has 0 aromatic heterocycles. The van der Waals surface area contributed by atoms with Crippen molar-refractivity contribution in [1.82, 2.24) is 0 Å². The van der Waals surface area contributed by atoms with Crippen LogP contribution in [0.1, 0.15) is 12.5 Å². The van der Waals surface area contributed by atoms with Gasteiger partial charge in [-0.05, 0) is 43.3 Å². The van der Waals surface area contributed by atoms with E-state index in [0.717, 1.165) is 11.3 Å². The number of nitrogens with zero attached hydrogens (tertiary/aromatic N) is 2. The van der Waals surface area contributed by atoms with Gasteiger partial charge in [0.05, 0.1) is 31.2 Å². The van der Waals surface area contributed by atoms with E-state index in [-0.39, 0.29) is 5.91 Å². The van der Waals surface area contributed by atoms with Crippen molar-refractivity contribution in [2.24, 2.45) is 5.10 Å². The molecule has 3 rings (SSSR count). The van der Waals surface area contributed by atoms with Gasteiger partial charge in [0.15, 0.2) is 0 Å². The molecule has 0 unspecified atom stereocenters. The molecule has 0 radical (unpaired) electrons. The molecule has 5 heteroatoms. The summed E-state index contributed by atoms with van der Waals surface area (Å²) in [6.45, 7) is 1.82. The minimum Gasteiger partial charge on any atom is -0.497 e. The monoisotopic (exact) mass is 322 g/mol. The second-order valence-corrected chi connectivity index (χ2v) is 5.30. The van der Waals surface area contributed by atoms with Crippen molar-refractivity contribution in [3.63, 3.8) is 0 Å². The van der Waals surface area contributed by atoms with Crippen LogP contribution in [0.2, 0.25) is 0 Å². The van der Waals surface area contributed by atoms with Gasteiger partial charge < -0.3 is 9.47 Å². The first kappa shape index (κ1) is 15.8. The average molecular weight is 322 g/mol. The number of rotatable bonds is 4. The molecule has 0 saturated carbocycles. The average Bonchev–Trinajstić information content (AvgIpc) is 2.90. The van der Waals surface area contributed by atoms with Gasteiger partial charge >= 0.3 is 0 Å². The Morgan fingerprint density at radius 3 is 2.46 bits per heavy atom. The van der Waals surface area contributed by atoms with Crippen LogP contribution < -0.4 is 14.5 Å². The summed E-state index contributed by atoms with van der Waals surface area (Å²) in [5, 5.41) is 5.79. The van der Waals surface area contributed by atoms with E-state index in [1.807, 2.05) is 55.5 Å². The van der Waals surface area contributed by atoms with Crippen LogP contribution in [-0.4, -0.2) is 25.8 Å². The van der Waals surface area contributed by atoms with Gasteiger partial charge in [-0.3, -0.25) is 4.79 Å². The number of carbonyl (C=O) groups excluding carboxylic acids is 1. The maximum atomic E-state index is 12.7. The maximum absolute atomic E-state index is 12.7. The molecule has 24 heavy (non-hydrogen) atoms. The molecule has 1 amide bonds. The van der Waals surface area contributed by atoms with Crippen molar-refractivity contribution in [1.29, 1.82) is 0 Å². The van der Waals surface area contributed by atoms with E-state index < -0.39 is 0 Å². The van der Waals surface area contributed by atoms with Crippen LogP contribution in [-0.2, 0) is 4.79 Å². The minimum atomic E-state index is -0.163. The third-order valence-electron chi connectivity index (χ3n) is 3.80. The second kappa shape index (κ2) is 6.58. The van der Waals surface area contributed by atoms with Crippen LogP contribution in [0, 0.1) is 0 Å². The van der Waals surface area contributed by atoms with Gasteiger partial charge in [-0.25, -0.2) is 0 Å². The normalized spacial score (nSPS) is 15.6. The molecular weight excluding hydrogens is 304 g/mol. The van der Waals surface area contributed by atoms with E-state index in [1.165, 1.54) is 5.01 Å². The lowest BCUT2D eigenvalue weighted by molar-refractivity contribution is -0.114. The zero-order chi connectivity index (χ0) is 17.1. The molecule has 2 aromatic rings. The Hall–Kier alpha value is -3.08. The van der Waals surface area contributed by atoms with Crippen LogP contribution in [0.25, 0.3) is 6.08 Å². The van der Waals surface area contributed by atoms with Crippen LogP contribution in [0.4, 0.5) is 5.69 Å². The molecular formula is C19H18N2O3. The largest absolute Gasteiger partial charge is 0.497 e. The van der Waals surface area contributed by atoms with Crippen molar-refractivity contribution in [2.75, 3.05) is 19.2 Å². The van der Waals surface area contributed by atoms with Gasteiger partial charge in [0, 0.05) is 5.56 Å². The third-order valence-corrected chi connectivity index (χ3v) is 3.80. The summed E-state index contributed by atoms with van der Waals surface area (Å²) < 4.78 is 10.6. The zero-order valence-corrected chi connectivity index (χ0v) is 13.8. The fourth-order valence-electron chi connectivity index (χ4n) is 2.54. The minimum absolute atomic E-state index is 0.163. The van der Waals surface area contributed by atoms with Crippen molar-refractivity contribution < 1.29 is 14.3 Å². The van der Waals surface area contributed by atoms with Crippen molar-refractivity contribution in [2.45, 2.75) is 6.92 Å². The molecule has 2 aromatic carbocycles.